The topological polar surface area (TPSA) is 49.9 Å². The van der Waals surface area contributed by atoms with Crippen molar-refractivity contribution in [3.8, 4) is 5.75 Å². The number of halogens is 2. The third kappa shape index (κ3) is 2.64. The van der Waals surface area contributed by atoms with Gasteiger partial charge in [-0.15, -0.1) is 0 Å². The molecule has 2 bridgehead atoms. The number of methoxy groups -OCH3 is 1. The number of likely N-dealkylation sites (N-methyl/N-ethyl adjacent to an activating group) is 1. The van der Waals surface area contributed by atoms with E-state index in [0.717, 1.165) is 18.6 Å². The molecule has 1 aromatic carbocycles. The molecule has 23 heavy (non-hydrogen) atoms. The number of carbonyl (C=O) groups excluding carboxylic acids is 2. The minimum Gasteiger partial charge on any atom is -0.497 e. The van der Waals surface area contributed by atoms with Gasteiger partial charge in [0.15, 0.2) is 0 Å². The molecular formula is C16H18F2N2O3. The largest absolute Gasteiger partial charge is 0.497 e. The van der Waals surface area contributed by atoms with Crippen molar-refractivity contribution >= 4 is 11.8 Å². The second-order valence-corrected chi connectivity index (χ2v) is 6.05. The molecule has 0 spiro atoms. The standard InChI is InChI=1S/C16H18F2N2O3/c1-19-10-4-3-9(15(19)21)7-20(8-10)16(22)14-12(17)5-11(23-2)6-13(14)18/h5-6,9-10H,3-4,7-8H2,1-2H3/t9-,10+/m0/s1. The molecule has 5 nitrogen and oxygen atoms in total. The summed E-state index contributed by atoms with van der Waals surface area (Å²) in [5.74, 6) is -2.92. The van der Waals surface area contributed by atoms with Gasteiger partial charge < -0.3 is 14.5 Å². The lowest BCUT2D eigenvalue weighted by Crippen LogP contribution is -2.45. The Morgan fingerprint density at radius 2 is 1.87 bits per heavy atom. The van der Waals surface area contributed by atoms with Crippen molar-refractivity contribution in [3.63, 3.8) is 0 Å². The van der Waals surface area contributed by atoms with Crippen LogP contribution in [-0.4, -0.2) is 54.9 Å². The lowest BCUT2D eigenvalue weighted by molar-refractivity contribution is -0.138. The predicted molar refractivity (Wildman–Crippen MR) is 78.1 cm³/mol. The lowest BCUT2D eigenvalue weighted by Gasteiger charge is -2.32. The maximum absolute atomic E-state index is 14.1. The highest BCUT2D eigenvalue weighted by atomic mass is 19.1. The summed E-state index contributed by atoms with van der Waals surface area (Å²) >= 11 is 0. The monoisotopic (exact) mass is 324 g/mol. The summed E-state index contributed by atoms with van der Waals surface area (Å²) in [4.78, 5) is 27.8. The average molecular weight is 324 g/mol. The van der Waals surface area contributed by atoms with Crippen molar-refractivity contribution in [3.05, 3.63) is 29.3 Å². The van der Waals surface area contributed by atoms with Gasteiger partial charge in [0.05, 0.1) is 13.0 Å². The fourth-order valence-corrected chi connectivity index (χ4v) is 3.35. The molecule has 0 saturated carbocycles. The van der Waals surface area contributed by atoms with E-state index in [4.69, 9.17) is 4.74 Å². The first-order valence-electron chi connectivity index (χ1n) is 7.51. The maximum atomic E-state index is 14.1. The number of carbonyl (C=O) groups is 2. The van der Waals surface area contributed by atoms with Gasteiger partial charge in [-0.1, -0.05) is 0 Å². The molecule has 3 aliphatic heterocycles. The molecule has 0 radical (unpaired) electrons. The smallest absolute Gasteiger partial charge is 0.259 e. The van der Waals surface area contributed by atoms with Crippen molar-refractivity contribution in [1.29, 1.82) is 0 Å². The Labute approximate surface area is 132 Å². The fraction of sp³-hybridized carbons (Fsp3) is 0.500. The van der Waals surface area contributed by atoms with Gasteiger partial charge in [-0.2, -0.15) is 0 Å². The zero-order chi connectivity index (χ0) is 16.7. The van der Waals surface area contributed by atoms with Crippen LogP contribution in [0.2, 0.25) is 0 Å². The Bertz CT molecular complexity index is 642. The van der Waals surface area contributed by atoms with E-state index in [9.17, 15) is 18.4 Å². The number of ether oxygens (including phenoxy) is 1. The Morgan fingerprint density at radius 1 is 1.22 bits per heavy atom. The van der Waals surface area contributed by atoms with Crippen molar-refractivity contribution < 1.29 is 23.1 Å². The van der Waals surface area contributed by atoms with Gasteiger partial charge in [0.1, 0.15) is 22.9 Å². The second kappa shape index (κ2) is 5.79. The molecule has 2 atom stereocenters. The average Bonchev–Trinajstić information content (AvgIpc) is 2.80. The summed E-state index contributed by atoms with van der Waals surface area (Å²) in [6.07, 6.45) is 1.50. The van der Waals surface area contributed by atoms with Crippen LogP contribution in [0.1, 0.15) is 23.2 Å². The van der Waals surface area contributed by atoms with Crippen LogP contribution in [0, 0.1) is 17.6 Å². The van der Waals surface area contributed by atoms with Gasteiger partial charge in [-0.3, -0.25) is 9.59 Å². The summed E-state index contributed by atoms with van der Waals surface area (Å²) in [6.45, 7) is 0.492. The van der Waals surface area contributed by atoms with E-state index in [1.165, 1.54) is 12.0 Å². The van der Waals surface area contributed by atoms with Crippen LogP contribution < -0.4 is 4.74 Å². The number of amides is 2. The molecule has 3 aliphatic rings. The number of nitrogens with zero attached hydrogens (tertiary/aromatic N) is 2. The molecule has 124 valence electrons. The quantitative estimate of drug-likeness (QED) is 0.831. The van der Waals surface area contributed by atoms with Gasteiger partial charge in [0, 0.05) is 38.3 Å². The van der Waals surface area contributed by atoms with E-state index >= 15 is 0 Å². The molecule has 0 aromatic heterocycles. The number of rotatable bonds is 2. The van der Waals surface area contributed by atoms with Crippen LogP contribution in [0.5, 0.6) is 5.75 Å². The predicted octanol–water partition coefficient (Wildman–Crippen LogP) is 1.67. The number of benzene rings is 1. The Morgan fingerprint density at radius 3 is 2.48 bits per heavy atom. The van der Waals surface area contributed by atoms with Crippen LogP contribution in [0.15, 0.2) is 12.1 Å². The van der Waals surface area contributed by atoms with Crippen LogP contribution in [-0.2, 0) is 4.79 Å². The molecule has 0 N–H and O–H groups in total. The van der Waals surface area contributed by atoms with Crippen LogP contribution in [0.4, 0.5) is 8.78 Å². The highest BCUT2D eigenvalue weighted by Crippen LogP contribution is 2.30. The van der Waals surface area contributed by atoms with E-state index in [-0.39, 0.29) is 30.2 Å². The molecule has 4 rings (SSSR count). The summed E-state index contributed by atoms with van der Waals surface area (Å²) in [5.41, 5.74) is -0.595. The van der Waals surface area contributed by atoms with Gasteiger partial charge in [-0.05, 0) is 12.8 Å². The van der Waals surface area contributed by atoms with Crippen molar-refractivity contribution in [2.75, 3.05) is 27.2 Å². The summed E-state index contributed by atoms with van der Waals surface area (Å²) in [5, 5.41) is 0. The normalized spacial score (nSPS) is 23.9. The second-order valence-electron chi connectivity index (χ2n) is 6.05. The van der Waals surface area contributed by atoms with Crippen LogP contribution in [0.25, 0.3) is 0 Å². The Kier molecular flexibility index (Phi) is 3.95. The zero-order valence-electron chi connectivity index (χ0n) is 13.0. The Hall–Kier alpha value is -2.18. The number of piperidine rings is 1. The number of hydrogen-bond acceptors (Lipinski definition) is 3. The summed E-state index contributed by atoms with van der Waals surface area (Å²) in [7, 11) is 3.01. The third-order valence-corrected chi connectivity index (χ3v) is 4.72. The van der Waals surface area contributed by atoms with Crippen LogP contribution in [0.3, 0.4) is 0 Å². The molecule has 2 amide bonds. The lowest BCUT2D eigenvalue weighted by atomic mass is 9.95. The molecule has 0 aliphatic carbocycles. The highest BCUT2D eigenvalue weighted by molar-refractivity contribution is 5.95. The summed E-state index contributed by atoms with van der Waals surface area (Å²) in [6, 6.07) is 1.87. The van der Waals surface area contributed by atoms with Gasteiger partial charge in [-0.25, -0.2) is 8.78 Å². The van der Waals surface area contributed by atoms with Crippen molar-refractivity contribution in [2.24, 2.45) is 5.92 Å². The first-order chi connectivity index (χ1) is 10.9. The molecule has 0 unspecified atom stereocenters. The first-order valence-corrected chi connectivity index (χ1v) is 7.51. The molecular weight excluding hydrogens is 306 g/mol. The molecule has 7 heteroatoms. The molecule has 1 aromatic rings. The molecule has 3 fully saturated rings. The Balaban J connectivity index is 1.91. The van der Waals surface area contributed by atoms with Gasteiger partial charge in [0.25, 0.3) is 5.91 Å². The number of hydrogen-bond donors (Lipinski definition) is 0. The minimum absolute atomic E-state index is 0.00720. The SMILES string of the molecule is COc1cc(F)c(C(=O)N2C[C@@H]3CC[C@H](C2)N(C)C3=O)c(F)c1. The molecule has 3 saturated heterocycles. The van der Waals surface area contributed by atoms with E-state index < -0.39 is 23.1 Å². The van der Waals surface area contributed by atoms with Crippen molar-refractivity contribution in [1.82, 2.24) is 9.80 Å². The van der Waals surface area contributed by atoms with Crippen molar-refractivity contribution in [2.45, 2.75) is 18.9 Å². The minimum atomic E-state index is -0.955. The first kappa shape index (κ1) is 15.7. The highest BCUT2D eigenvalue weighted by Gasteiger charge is 2.41. The zero-order valence-corrected chi connectivity index (χ0v) is 13.0. The van der Waals surface area contributed by atoms with E-state index in [1.54, 1.807) is 11.9 Å². The van der Waals surface area contributed by atoms with E-state index in [2.05, 4.69) is 0 Å². The van der Waals surface area contributed by atoms with Gasteiger partial charge >= 0.3 is 0 Å². The molecule has 3 heterocycles. The van der Waals surface area contributed by atoms with Crippen LogP contribution >= 0.6 is 0 Å². The maximum Gasteiger partial charge on any atom is 0.259 e. The fourth-order valence-electron chi connectivity index (χ4n) is 3.35. The third-order valence-electron chi connectivity index (χ3n) is 4.72. The van der Waals surface area contributed by atoms with E-state index in [0.29, 0.717) is 13.0 Å². The van der Waals surface area contributed by atoms with Gasteiger partial charge in [0.2, 0.25) is 5.91 Å². The number of fused-ring (bicyclic) bond motifs is 4. The summed E-state index contributed by atoms with van der Waals surface area (Å²) < 4.78 is 33.0. The van der Waals surface area contributed by atoms with E-state index in [1.807, 2.05) is 0 Å².